The normalized spacial score (nSPS) is 15.8. The summed E-state index contributed by atoms with van der Waals surface area (Å²) in [5.74, 6) is 0.402. The molecular formula is C11H19NOS. The minimum atomic E-state index is -0.148. The van der Waals surface area contributed by atoms with E-state index in [4.69, 9.17) is 5.73 Å². The Bertz CT molecular complexity index is 252. The second-order valence-corrected chi connectivity index (χ2v) is 5.17. The van der Waals surface area contributed by atoms with Crippen LogP contribution in [0.1, 0.15) is 18.7 Å². The van der Waals surface area contributed by atoms with E-state index in [1.165, 1.54) is 4.88 Å². The summed E-state index contributed by atoms with van der Waals surface area (Å²) in [6.07, 6.45) is 0.884. The molecule has 0 amide bonds. The minimum Gasteiger partial charge on any atom is -0.396 e. The Labute approximate surface area is 89.8 Å². The van der Waals surface area contributed by atoms with E-state index in [1.807, 2.05) is 6.07 Å². The topological polar surface area (TPSA) is 46.2 Å². The van der Waals surface area contributed by atoms with Crippen LogP contribution in [0.3, 0.4) is 0 Å². The summed E-state index contributed by atoms with van der Waals surface area (Å²) in [6.45, 7) is 4.95. The molecular weight excluding hydrogens is 194 g/mol. The third-order valence-electron chi connectivity index (χ3n) is 3.05. The summed E-state index contributed by atoms with van der Waals surface area (Å²) in [5, 5.41) is 11.5. The Morgan fingerprint density at radius 3 is 2.64 bits per heavy atom. The first-order valence-corrected chi connectivity index (χ1v) is 5.86. The highest BCUT2D eigenvalue weighted by molar-refractivity contribution is 7.09. The molecule has 3 heteroatoms. The second kappa shape index (κ2) is 4.91. The van der Waals surface area contributed by atoms with Gasteiger partial charge < -0.3 is 10.8 Å². The van der Waals surface area contributed by atoms with Crippen molar-refractivity contribution in [3.63, 3.8) is 0 Å². The van der Waals surface area contributed by atoms with Crippen LogP contribution < -0.4 is 5.73 Å². The number of hydrogen-bond donors (Lipinski definition) is 2. The highest BCUT2D eigenvalue weighted by Gasteiger charge is 2.32. The first-order chi connectivity index (χ1) is 6.64. The van der Waals surface area contributed by atoms with Crippen LogP contribution in [-0.2, 0) is 6.42 Å². The maximum atomic E-state index is 9.47. The molecule has 0 spiro atoms. The van der Waals surface area contributed by atoms with E-state index in [-0.39, 0.29) is 12.0 Å². The molecule has 1 atom stereocenters. The summed E-state index contributed by atoms with van der Waals surface area (Å²) < 4.78 is 0. The van der Waals surface area contributed by atoms with Crippen LogP contribution in [-0.4, -0.2) is 18.3 Å². The first-order valence-electron chi connectivity index (χ1n) is 4.98. The predicted molar refractivity (Wildman–Crippen MR) is 61.4 cm³/mol. The van der Waals surface area contributed by atoms with Gasteiger partial charge in [-0.25, -0.2) is 0 Å². The molecule has 1 aromatic rings. The van der Waals surface area contributed by atoms with E-state index in [9.17, 15) is 5.11 Å². The number of thiophene rings is 1. The fourth-order valence-electron chi connectivity index (χ4n) is 1.58. The lowest BCUT2D eigenvalue weighted by Crippen LogP contribution is -2.41. The molecule has 14 heavy (non-hydrogen) atoms. The third-order valence-corrected chi connectivity index (χ3v) is 3.93. The zero-order valence-corrected chi connectivity index (χ0v) is 9.68. The van der Waals surface area contributed by atoms with Gasteiger partial charge in [-0.15, -0.1) is 11.3 Å². The highest BCUT2D eigenvalue weighted by Crippen LogP contribution is 2.31. The molecule has 0 aliphatic rings. The lowest BCUT2D eigenvalue weighted by atomic mass is 9.75. The molecule has 0 aliphatic carbocycles. The van der Waals surface area contributed by atoms with Crippen LogP contribution >= 0.6 is 11.3 Å². The second-order valence-electron chi connectivity index (χ2n) is 4.14. The van der Waals surface area contributed by atoms with Crippen molar-refractivity contribution in [1.29, 1.82) is 0 Å². The van der Waals surface area contributed by atoms with Crippen LogP contribution in [0.2, 0.25) is 0 Å². The van der Waals surface area contributed by atoms with E-state index < -0.39 is 0 Å². The average Bonchev–Trinajstić information content (AvgIpc) is 2.66. The van der Waals surface area contributed by atoms with Gasteiger partial charge in [0.25, 0.3) is 0 Å². The van der Waals surface area contributed by atoms with Gasteiger partial charge in [-0.1, -0.05) is 19.9 Å². The summed E-state index contributed by atoms with van der Waals surface area (Å²) in [6, 6.07) is 4.14. The SMILES string of the molecule is CC(C)C(CN)(CO)Cc1cccs1. The van der Waals surface area contributed by atoms with Crippen molar-refractivity contribution < 1.29 is 5.11 Å². The molecule has 0 aliphatic heterocycles. The number of hydrogen-bond acceptors (Lipinski definition) is 3. The Morgan fingerprint density at radius 2 is 2.29 bits per heavy atom. The Balaban J connectivity index is 2.78. The van der Waals surface area contributed by atoms with Crippen molar-refractivity contribution in [3.05, 3.63) is 22.4 Å². The molecule has 0 radical (unpaired) electrons. The molecule has 2 nitrogen and oxygen atoms in total. The van der Waals surface area contributed by atoms with E-state index in [1.54, 1.807) is 11.3 Å². The van der Waals surface area contributed by atoms with Gasteiger partial charge in [-0.3, -0.25) is 0 Å². The summed E-state index contributed by atoms with van der Waals surface area (Å²) in [7, 11) is 0. The standard InChI is InChI=1S/C11H19NOS/c1-9(2)11(7-12,8-13)6-10-4-3-5-14-10/h3-5,9,13H,6-8,12H2,1-2H3. The quantitative estimate of drug-likeness (QED) is 0.784. The first kappa shape index (κ1) is 11.7. The largest absolute Gasteiger partial charge is 0.396 e. The van der Waals surface area contributed by atoms with Crippen molar-refractivity contribution in [2.24, 2.45) is 17.1 Å². The summed E-state index contributed by atoms with van der Waals surface area (Å²) in [5.41, 5.74) is 5.63. The van der Waals surface area contributed by atoms with Crippen LogP contribution in [0.5, 0.6) is 0 Å². The van der Waals surface area contributed by atoms with Crippen molar-refractivity contribution in [3.8, 4) is 0 Å². The Hall–Kier alpha value is -0.380. The molecule has 1 rings (SSSR count). The van der Waals surface area contributed by atoms with Crippen LogP contribution in [0.4, 0.5) is 0 Å². The summed E-state index contributed by atoms with van der Waals surface area (Å²) in [4.78, 5) is 1.30. The maximum absolute atomic E-state index is 9.47. The van der Waals surface area contributed by atoms with Crippen LogP contribution in [0.25, 0.3) is 0 Å². The average molecular weight is 213 g/mol. The fourth-order valence-corrected chi connectivity index (χ4v) is 2.44. The fraction of sp³-hybridized carbons (Fsp3) is 0.636. The molecule has 1 aromatic heterocycles. The maximum Gasteiger partial charge on any atom is 0.0505 e. The summed E-state index contributed by atoms with van der Waals surface area (Å²) >= 11 is 1.73. The molecule has 0 aromatic carbocycles. The molecule has 0 saturated heterocycles. The van der Waals surface area contributed by atoms with Crippen LogP contribution in [0, 0.1) is 11.3 Å². The van der Waals surface area contributed by atoms with Gasteiger partial charge in [0.2, 0.25) is 0 Å². The third kappa shape index (κ3) is 2.35. The molecule has 3 N–H and O–H groups in total. The van der Waals surface area contributed by atoms with Gasteiger partial charge in [0, 0.05) is 16.8 Å². The van der Waals surface area contributed by atoms with Gasteiger partial charge in [0.05, 0.1) is 6.61 Å². The van der Waals surface area contributed by atoms with Gasteiger partial charge >= 0.3 is 0 Å². The lowest BCUT2D eigenvalue weighted by Gasteiger charge is -2.34. The van der Waals surface area contributed by atoms with Crippen molar-refractivity contribution in [1.82, 2.24) is 0 Å². The predicted octanol–water partition coefficient (Wildman–Crippen LogP) is 1.88. The zero-order chi connectivity index (χ0) is 10.6. The van der Waals surface area contributed by atoms with Crippen LogP contribution in [0.15, 0.2) is 17.5 Å². The molecule has 0 fully saturated rings. The minimum absolute atomic E-state index is 0.148. The van der Waals surface area contributed by atoms with E-state index in [0.29, 0.717) is 12.5 Å². The lowest BCUT2D eigenvalue weighted by molar-refractivity contribution is 0.0851. The molecule has 1 unspecified atom stereocenters. The van der Waals surface area contributed by atoms with Gasteiger partial charge in [-0.05, 0) is 23.8 Å². The van der Waals surface area contributed by atoms with E-state index in [2.05, 4.69) is 25.3 Å². The van der Waals surface area contributed by atoms with Gasteiger partial charge in [0.1, 0.15) is 0 Å². The van der Waals surface area contributed by atoms with Gasteiger partial charge in [0.15, 0.2) is 0 Å². The molecule has 1 heterocycles. The Morgan fingerprint density at radius 1 is 1.57 bits per heavy atom. The smallest absolute Gasteiger partial charge is 0.0505 e. The highest BCUT2D eigenvalue weighted by atomic mass is 32.1. The number of nitrogens with two attached hydrogens (primary N) is 1. The monoisotopic (exact) mass is 213 g/mol. The van der Waals surface area contributed by atoms with Gasteiger partial charge in [-0.2, -0.15) is 0 Å². The van der Waals surface area contributed by atoms with E-state index in [0.717, 1.165) is 6.42 Å². The van der Waals surface area contributed by atoms with Crippen molar-refractivity contribution in [2.45, 2.75) is 20.3 Å². The number of aliphatic hydroxyl groups is 1. The van der Waals surface area contributed by atoms with Crippen molar-refractivity contribution in [2.75, 3.05) is 13.2 Å². The number of rotatable bonds is 5. The number of aliphatic hydroxyl groups excluding tert-OH is 1. The molecule has 0 bridgehead atoms. The zero-order valence-electron chi connectivity index (χ0n) is 8.86. The molecule has 80 valence electrons. The van der Waals surface area contributed by atoms with E-state index >= 15 is 0 Å². The molecule has 0 saturated carbocycles. The van der Waals surface area contributed by atoms with Crippen molar-refractivity contribution >= 4 is 11.3 Å². The Kier molecular flexibility index (Phi) is 4.11.